The fourth-order valence-electron chi connectivity index (χ4n) is 2.71. The lowest BCUT2D eigenvalue weighted by Crippen LogP contribution is -2.41. The predicted octanol–water partition coefficient (Wildman–Crippen LogP) is 4.10. The van der Waals surface area contributed by atoms with Gasteiger partial charge in [-0.1, -0.05) is 47.5 Å². The minimum Gasteiger partial charge on any atom is -0.319 e. The first-order valence-corrected chi connectivity index (χ1v) is 7.91. The van der Waals surface area contributed by atoms with Gasteiger partial charge in [0, 0.05) is 15.6 Å². The molecule has 2 aromatic carbocycles. The van der Waals surface area contributed by atoms with Crippen LogP contribution in [0.4, 0.5) is 9.18 Å². The minimum atomic E-state index is -1.26. The Morgan fingerprint density at radius 2 is 1.83 bits per heavy atom. The van der Waals surface area contributed by atoms with Gasteiger partial charge < -0.3 is 5.32 Å². The van der Waals surface area contributed by atoms with E-state index in [0.717, 1.165) is 11.0 Å². The van der Waals surface area contributed by atoms with Crippen LogP contribution in [-0.2, 0) is 16.9 Å². The van der Waals surface area contributed by atoms with E-state index >= 15 is 0 Å². The van der Waals surface area contributed by atoms with Gasteiger partial charge in [-0.05, 0) is 30.7 Å². The molecule has 1 saturated heterocycles. The number of carbonyl (C=O) groups excluding carboxylic acids is 2. The largest absolute Gasteiger partial charge is 0.325 e. The molecule has 0 aliphatic carbocycles. The highest BCUT2D eigenvalue weighted by atomic mass is 35.5. The minimum absolute atomic E-state index is 0.0518. The van der Waals surface area contributed by atoms with Crippen LogP contribution >= 0.6 is 23.2 Å². The third-order valence-corrected chi connectivity index (χ3v) is 4.71. The highest BCUT2D eigenvalue weighted by molar-refractivity contribution is 6.32. The maximum Gasteiger partial charge on any atom is 0.325 e. The fourth-order valence-corrected chi connectivity index (χ4v) is 3.26. The zero-order chi connectivity index (χ0) is 17.5. The van der Waals surface area contributed by atoms with Gasteiger partial charge in [-0.3, -0.25) is 9.69 Å². The van der Waals surface area contributed by atoms with E-state index in [4.69, 9.17) is 23.2 Å². The molecule has 124 valence electrons. The molecule has 1 aliphatic rings. The monoisotopic (exact) mass is 366 g/mol. The van der Waals surface area contributed by atoms with Crippen molar-refractivity contribution < 1.29 is 14.0 Å². The van der Waals surface area contributed by atoms with E-state index in [2.05, 4.69) is 5.32 Å². The van der Waals surface area contributed by atoms with Crippen molar-refractivity contribution >= 4 is 35.1 Å². The molecule has 3 amide bonds. The van der Waals surface area contributed by atoms with Crippen molar-refractivity contribution in [1.29, 1.82) is 0 Å². The van der Waals surface area contributed by atoms with E-state index in [1.165, 1.54) is 12.1 Å². The van der Waals surface area contributed by atoms with Crippen LogP contribution in [0, 0.1) is 5.82 Å². The molecule has 0 aromatic heterocycles. The van der Waals surface area contributed by atoms with Crippen LogP contribution in [0.3, 0.4) is 0 Å². The molecule has 7 heteroatoms. The molecule has 3 rings (SSSR count). The second-order valence-corrected chi connectivity index (χ2v) is 6.48. The van der Waals surface area contributed by atoms with Gasteiger partial charge in [0.1, 0.15) is 11.4 Å². The molecule has 0 radical (unpaired) electrons. The Morgan fingerprint density at radius 1 is 1.12 bits per heavy atom. The number of amides is 3. The fraction of sp³-hybridized carbons (Fsp3) is 0.176. The lowest BCUT2D eigenvalue weighted by atomic mass is 9.92. The number of hydrogen-bond donors (Lipinski definition) is 1. The number of urea groups is 1. The molecule has 1 fully saturated rings. The number of imide groups is 1. The number of benzene rings is 2. The van der Waals surface area contributed by atoms with Crippen molar-refractivity contribution in [3.05, 3.63) is 69.5 Å². The van der Waals surface area contributed by atoms with Gasteiger partial charge in [-0.15, -0.1) is 0 Å². The van der Waals surface area contributed by atoms with Crippen LogP contribution in [0.2, 0.25) is 10.0 Å². The average molecular weight is 367 g/mol. The van der Waals surface area contributed by atoms with Crippen molar-refractivity contribution in [2.24, 2.45) is 0 Å². The standard InChI is InChI=1S/C17H13Cl2FN2O2/c1-17(12-4-2-3-5-13(12)18)15(23)22(16(24)21-17)9-10-6-7-11(20)8-14(10)19/h2-8H,9H2,1H3,(H,21,24)/t17-/m0/s1. The van der Waals surface area contributed by atoms with Crippen LogP contribution in [0.1, 0.15) is 18.1 Å². The number of carbonyl (C=O) groups is 2. The number of hydrogen-bond acceptors (Lipinski definition) is 2. The molecule has 1 atom stereocenters. The van der Waals surface area contributed by atoms with Crippen LogP contribution in [0.25, 0.3) is 0 Å². The van der Waals surface area contributed by atoms with Gasteiger partial charge in [0.15, 0.2) is 0 Å². The molecule has 2 aromatic rings. The number of rotatable bonds is 3. The van der Waals surface area contributed by atoms with E-state index < -0.39 is 23.3 Å². The quantitative estimate of drug-likeness (QED) is 0.831. The van der Waals surface area contributed by atoms with Gasteiger partial charge in [0.2, 0.25) is 0 Å². The second-order valence-electron chi connectivity index (χ2n) is 5.66. The van der Waals surface area contributed by atoms with Crippen molar-refractivity contribution in [1.82, 2.24) is 10.2 Å². The first-order chi connectivity index (χ1) is 11.3. The molecule has 0 saturated carbocycles. The van der Waals surface area contributed by atoms with Crippen molar-refractivity contribution in [2.75, 3.05) is 0 Å². The topological polar surface area (TPSA) is 49.4 Å². The maximum absolute atomic E-state index is 13.1. The van der Waals surface area contributed by atoms with Crippen molar-refractivity contribution in [2.45, 2.75) is 19.0 Å². The smallest absolute Gasteiger partial charge is 0.319 e. The Morgan fingerprint density at radius 3 is 2.50 bits per heavy atom. The van der Waals surface area contributed by atoms with Crippen LogP contribution < -0.4 is 5.32 Å². The normalized spacial score (nSPS) is 20.4. The molecule has 4 nitrogen and oxygen atoms in total. The lowest BCUT2D eigenvalue weighted by Gasteiger charge is -2.23. The van der Waals surface area contributed by atoms with Crippen LogP contribution in [0.5, 0.6) is 0 Å². The van der Waals surface area contributed by atoms with Crippen molar-refractivity contribution in [3.63, 3.8) is 0 Å². The molecule has 1 heterocycles. The second kappa shape index (κ2) is 6.07. The van der Waals surface area contributed by atoms with Gasteiger partial charge in [-0.25, -0.2) is 9.18 Å². The number of nitrogens with zero attached hydrogens (tertiary/aromatic N) is 1. The average Bonchev–Trinajstić information content (AvgIpc) is 2.74. The predicted molar refractivity (Wildman–Crippen MR) is 89.3 cm³/mol. The highest BCUT2D eigenvalue weighted by Gasteiger charge is 2.49. The summed E-state index contributed by atoms with van der Waals surface area (Å²) in [5.41, 5.74) is -0.273. The van der Waals surface area contributed by atoms with Gasteiger partial charge in [-0.2, -0.15) is 0 Å². The van der Waals surface area contributed by atoms with Crippen LogP contribution in [-0.4, -0.2) is 16.8 Å². The zero-order valence-electron chi connectivity index (χ0n) is 12.6. The summed E-state index contributed by atoms with van der Waals surface area (Å²) in [6.45, 7) is 1.55. The molecule has 0 unspecified atom stereocenters. The summed E-state index contributed by atoms with van der Waals surface area (Å²) in [5, 5.41) is 3.21. The summed E-state index contributed by atoms with van der Waals surface area (Å²) in [5.74, 6) is -0.928. The first-order valence-electron chi connectivity index (χ1n) is 7.16. The summed E-state index contributed by atoms with van der Waals surface area (Å²) in [6.07, 6.45) is 0. The Bertz CT molecular complexity index is 843. The molecular formula is C17H13Cl2FN2O2. The van der Waals surface area contributed by atoms with Gasteiger partial charge in [0.25, 0.3) is 5.91 Å². The van der Waals surface area contributed by atoms with E-state index in [1.807, 2.05) is 0 Å². The Balaban J connectivity index is 1.93. The Kier molecular flexibility index (Phi) is 4.24. The summed E-state index contributed by atoms with van der Waals surface area (Å²) >= 11 is 12.2. The molecule has 1 N–H and O–H groups in total. The summed E-state index contributed by atoms with van der Waals surface area (Å²) in [4.78, 5) is 26.2. The summed E-state index contributed by atoms with van der Waals surface area (Å²) < 4.78 is 13.1. The molecular weight excluding hydrogens is 354 g/mol. The summed E-state index contributed by atoms with van der Waals surface area (Å²) in [7, 11) is 0. The number of nitrogens with one attached hydrogen (secondary N) is 1. The first kappa shape index (κ1) is 16.7. The highest BCUT2D eigenvalue weighted by Crippen LogP contribution is 2.34. The lowest BCUT2D eigenvalue weighted by molar-refractivity contribution is -0.131. The third-order valence-electron chi connectivity index (χ3n) is 4.03. The van der Waals surface area contributed by atoms with E-state index in [1.54, 1.807) is 31.2 Å². The van der Waals surface area contributed by atoms with E-state index in [0.29, 0.717) is 16.1 Å². The molecule has 24 heavy (non-hydrogen) atoms. The Labute approximate surface area is 148 Å². The molecule has 0 bridgehead atoms. The van der Waals surface area contributed by atoms with Gasteiger partial charge in [0.05, 0.1) is 6.54 Å². The SMILES string of the molecule is C[C@@]1(c2ccccc2Cl)NC(=O)N(Cc2ccc(F)cc2Cl)C1=O. The van der Waals surface area contributed by atoms with Crippen LogP contribution in [0.15, 0.2) is 42.5 Å². The molecule has 1 aliphatic heterocycles. The third kappa shape index (κ3) is 2.74. The summed E-state index contributed by atoms with van der Waals surface area (Å²) in [6, 6.07) is 10.1. The molecule has 0 spiro atoms. The van der Waals surface area contributed by atoms with Crippen molar-refractivity contribution in [3.8, 4) is 0 Å². The maximum atomic E-state index is 13.1. The Hall–Kier alpha value is -2.11. The number of halogens is 3. The van der Waals surface area contributed by atoms with E-state index in [9.17, 15) is 14.0 Å². The zero-order valence-corrected chi connectivity index (χ0v) is 14.2. The van der Waals surface area contributed by atoms with E-state index in [-0.39, 0.29) is 11.6 Å². The van der Waals surface area contributed by atoms with Gasteiger partial charge >= 0.3 is 6.03 Å².